The minimum atomic E-state index is -2.89. The Balaban J connectivity index is 2.34. The zero-order valence-corrected chi connectivity index (χ0v) is 11.0. The van der Waals surface area contributed by atoms with Gasteiger partial charge in [0.1, 0.15) is 11.4 Å². The number of nitrogens with zero attached hydrogens (tertiary/aromatic N) is 1. The molecule has 1 heterocycles. The Hall–Kier alpha value is -1.89. The lowest BCUT2D eigenvalue weighted by molar-refractivity contribution is -0.0498. The summed E-state index contributed by atoms with van der Waals surface area (Å²) in [5, 5.41) is 9.05. The van der Waals surface area contributed by atoms with Gasteiger partial charge in [-0.25, -0.2) is 4.79 Å². The molecule has 0 amide bonds. The van der Waals surface area contributed by atoms with Crippen LogP contribution in [0.3, 0.4) is 0 Å². The van der Waals surface area contributed by atoms with Crippen LogP contribution in [-0.2, 0) is 0 Å². The van der Waals surface area contributed by atoms with Crippen LogP contribution in [0.4, 0.5) is 8.78 Å². The van der Waals surface area contributed by atoms with Crippen LogP contribution in [0.15, 0.2) is 41.0 Å². The summed E-state index contributed by atoms with van der Waals surface area (Å²) in [5.74, 6) is -1.07. The lowest BCUT2D eigenvalue weighted by atomic mass is 10.3. The third-order valence-electron chi connectivity index (χ3n) is 2.35. The molecule has 7 heteroatoms. The van der Waals surface area contributed by atoms with Crippen LogP contribution in [0, 0.1) is 0 Å². The average Bonchev–Trinajstić information content (AvgIpc) is 2.72. The van der Waals surface area contributed by atoms with Gasteiger partial charge in [-0.2, -0.15) is 8.78 Å². The number of aromatic carboxylic acids is 1. The Labute approximate surface area is 115 Å². The highest BCUT2D eigenvalue weighted by molar-refractivity contribution is 9.10. The molecule has 1 aromatic carbocycles. The molecule has 2 rings (SSSR count). The molecule has 0 saturated heterocycles. The standard InChI is InChI=1S/C12H8BrF2NO3/c13-7-5-10(11(17)18)16(6-7)8-1-3-9(4-2-8)19-12(14)15/h1-6,12H,(H,17,18). The monoisotopic (exact) mass is 331 g/mol. The molecule has 0 spiro atoms. The summed E-state index contributed by atoms with van der Waals surface area (Å²) in [6.45, 7) is -2.89. The first-order valence-corrected chi connectivity index (χ1v) is 5.93. The predicted molar refractivity (Wildman–Crippen MR) is 67.1 cm³/mol. The first-order chi connectivity index (χ1) is 8.97. The van der Waals surface area contributed by atoms with Gasteiger partial charge in [0.25, 0.3) is 0 Å². The molecule has 0 aliphatic rings. The second-order valence-corrected chi connectivity index (χ2v) is 4.51. The van der Waals surface area contributed by atoms with Gasteiger partial charge in [0.15, 0.2) is 0 Å². The fourth-order valence-corrected chi connectivity index (χ4v) is 2.02. The van der Waals surface area contributed by atoms with Crippen molar-refractivity contribution >= 4 is 21.9 Å². The van der Waals surface area contributed by atoms with E-state index in [4.69, 9.17) is 5.11 Å². The number of carboxylic acids is 1. The van der Waals surface area contributed by atoms with Crippen LogP contribution in [0.5, 0.6) is 5.75 Å². The topological polar surface area (TPSA) is 51.5 Å². The molecule has 0 saturated carbocycles. The van der Waals surface area contributed by atoms with E-state index in [0.29, 0.717) is 10.2 Å². The zero-order chi connectivity index (χ0) is 14.0. The van der Waals surface area contributed by atoms with Crippen molar-refractivity contribution in [1.82, 2.24) is 4.57 Å². The summed E-state index contributed by atoms with van der Waals surface area (Å²) < 4.78 is 30.3. The minimum Gasteiger partial charge on any atom is -0.477 e. The van der Waals surface area contributed by atoms with Gasteiger partial charge in [-0.15, -0.1) is 0 Å². The Bertz CT molecular complexity index is 596. The van der Waals surface area contributed by atoms with Gasteiger partial charge in [-0.05, 0) is 46.3 Å². The minimum absolute atomic E-state index is 0.0156. The van der Waals surface area contributed by atoms with Crippen molar-refractivity contribution in [3.8, 4) is 11.4 Å². The number of halogens is 3. The van der Waals surface area contributed by atoms with E-state index >= 15 is 0 Å². The molecule has 4 nitrogen and oxygen atoms in total. The SMILES string of the molecule is O=C(O)c1cc(Br)cn1-c1ccc(OC(F)F)cc1. The Morgan fingerprint density at radius 2 is 1.95 bits per heavy atom. The Kier molecular flexibility index (Phi) is 3.84. The van der Waals surface area contributed by atoms with Gasteiger partial charge in [-0.3, -0.25) is 0 Å². The highest BCUT2D eigenvalue weighted by atomic mass is 79.9. The molecule has 0 bridgehead atoms. The number of carbonyl (C=O) groups is 1. The van der Waals surface area contributed by atoms with Gasteiger partial charge >= 0.3 is 12.6 Å². The summed E-state index contributed by atoms with van der Waals surface area (Å²) >= 11 is 3.19. The fraction of sp³-hybridized carbons (Fsp3) is 0.0833. The van der Waals surface area contributed by atoms with Crippen LogP contribution >= 0.6 is 15.9 Å². The lowest BCUT2D eigenvalue weighted by Crippen LogP contribution is -2.06. The predicted octanol–water partition coefficient (Wildman–Crippen LogP) is 3.54. The van der Waals surface area contributed by atoms with Gasteiger partial charge in [-0.1, -0.05) is 0 Å². The molecule has 0 aliphatic heterocycles. The molecule has 0 unspecified atom stereocenters. The molecule has 19 heavy (non-hydrogen) atoms. The van der Waals surface area contributed by atoms with Gasteiger partial charge in [0, 0.05) is 16.4 Å². The summed E-state index contributed by atoms with van der Waals surface area (Å²) in [7, 11) is 0. The van der Waals surface area contributed by atoms with Gasteiger partial charge in [0.05, 0.1) is 0 Å². The molecule has 0 aliphatic carbocycles. The first-order valence-electron chi connectivity index (χ1n) is 5.14. The van der Waals surface area contributed by atoms with Gasteiger partial charge < -0.3 is 14.4 Å². The zero-order valence-electron chi connectivity index (χ0n) is 9.39. The number of aromatic nitrogens is 1. The van der Waals surface area contributed by atoms with E-state index < -0.39 is 12.6 Å². The summed E-state index contributed by atoms with van der Waals surface area (Å²) in [6, 6.07) is 7.14. The van der Waals surface area contributed by atoms with Crippen molar-refractivity contribution in [1.29, 1.82) is 0 Å². The smallest absolute Gasteiger partial charge is 0.387 e. The van der Waals surface area contributed by atoms with Crippen molar-refractivity contribution in [2.45, 2.75) is 6.61 Å². The second kappa shape index (κ2) is 5.40. The Morgan fingerprint density at radius 1 is 1.32 bits per heavy atom. The van der Waals surface area contributed by atoms with E-state index in [1.807, 2.05) is 0 Å². The summed E-state index contributed by atoms with van der Waals surface area (Å²) in [5.41, 5.74) is 0.596. The highest BCUT2D eigenvalue weighted by Gasteiger charge is 2.13. The van der Waals surface area contributed by atoms with Crippen LogP contribution in [0.2, 0.25) is 0 Å². The average molecular weight is 332 g/mol. The van der Waals surface area contributed by atoms with Crippen molar-refractivity contribution in [3.63, 3.8) is 0 Å². The number of rotatable bonds is 4. The molecule has 100 valence electrons. The molecule has 1 aromatic heterocycles. The van der Waals surface area contributed by atoms with Crippen molar-refractivity contribution in [3.05, 3.63) is 46.7 Å². The molecular weight excluding hydrogens is 324 g/mol. The maximum Gasteiger partial charge on any atom is 0.387 e. The fourth-order valence-electron chi connectivity index (χ4n) is 1.60. The summed E-state index contributed by atoms with van der Waals surface area (Å²) in [4.78, 5) is 11.1. The maximum absolute atomic E-state index is 12.0. The molecule has 0 fully saturated rings. The third-order valence-corrected chi connectivity index (χ3v) is 2.78. The molecule has 1 N–H and O–H groups in total. The van der Waals surface area contributed by atoms with Crippen LogP contribution in [0.1, 0.15) is 10.5 Å². The van der Waals surface area contributed by atoms with Crippen LogP contribution < -0.4 is 4.74 Å². The largest absolute Gasteiger partial charge is 0.477 e. The van der Waals surface area contributed by atoms with Crippen LogP contribution in [0.25, 0.3) is 5.69 Å². The number of hydrogen-bond acceptors (Lipinski definition) is 2. The molecular formula is C12H8BrF2NO3. The van der Waals surface area contributed by atoms with Gasteiger partial charge in [0.2, 0.25) is 0 Å². The molecule has 0 radical (unpaired) electrons. The molecule has 0 atom stereocenters. The number of hydrogen-bond donors (Lipinski definition) is 1. The quantitative estimate of drug-likeness (QED) is 0.932. The van der Waals surface area contributed by atoms with E-state index in [1.165, 1.54) is 34.9 Å². The van der Waals surface area contributed by atoms with E-state index in [1.54, 1.807) is 6.20 Å². The van der Waals surface area contributed by atoms with E-state index in [-0.39, 0.29) is 11.4 Å². The number of carboxylic acid groups (broad SMARTS) is 1. The number of alkyl halides is 2. The van der Waals surface area contributed by atoms with Crippen molar-refractivity contribution < 1.29 is 23.4 Å². The third kappa shape index (κ3) is 3.11. The van der Waals surface area contributed by atoms with Crippen LogP contribution in [-0.4, -0.2) is 22.3 Å². The number of benzene rings is 1. The van der Waals surface area contributed by atoms with Crippen molar-refractivity contribution in [2.75, 3.05) is 0 Å². The number of ether oxygens (including phenoxy) is 1. The lowest BCUT2D eigenvalue weighted by Gasteiger charge is -2.08. The first kappa shape index (κ1) is 13.5. The van der Waals surface area contributed by atoms with E-state index in [9.17, 15) is 13.6 Å². The maximum atomic E-state index is 12.0. The Morgan fingerprint density at radius 3 is 2.47 bits per heavy atom. The van der Waals surface area contributed by atoms with E-state index in [0.717, 1.165) is 0 Å². The summed E-state index contributed by atoms with van der Waals surface area (Å²) in [6.07, 6.45) is 1.58. The van der Waals surface area contributed by atoms with Crippen molar-refractivity contribution in [2.24, 2.45) is 0 Å². The molecule has 2 aromatic rings. The highest BCUT2D eigenvalue weighted by Crippen LogP contribution is 2.22. The second-order valence-electron chi connectivity index (χ2n) is 3.59. The normalized spacial score (nSPS) is 10.7. The van der Waals surface area contributed by atoms with E-state index in [2.05, 4.69) is 20.7 Å².